The van der Waals surface area contributed by atoms with Gasteiger partial charge >= 0.3 is 0 Å². The van der Waals surface area contributed by atoms with Gasteiger partial charge < -0.3 is 9.84 Å². The fraction of sp³-hybridized carbons (Fsp3) is 0.273. The molecule has 5 nitrogen and oxygen atoms in total. The van der Waals surface area contributed by atoms with Gasteiger partial charge in [0.25, 0.3) is 5.91 Å². The lowest BCUT2D eigenvalue weighted by Crippen LogP contribution is -2.31. The van der Waals surface area contributed by atoms with Crippen molar-refractivity contribution in [1.82, 2.24) is 0 Å². The Morgan fingerprint density at radius 3 is 2.38 bits per heavy atom. The molecular formula is C22H21F2NO4. The minimum Gasteiger partial charge on any atom is -0.503 e. The summed E-state index contributed by atoms with van der Waals surface area (Å²) in [7, 11) is 1.32. The first-order chi connectivity index (χ1) is 13.7. The van der Waals surface area contributed by atoms with Crippen molar-refractivity contribution in [3.8, 4) is 5.75 Å². The summed E-state index contributed by atoms with van der Waals surface area (Å²) in [6.07, 6.45) is 0.120. The Morgan fingerprint density at radius 1 is 1.17 bits per heavy atom. The predicted molar refractivity (Wildman–Crippen MR) is 104 cm³/mol. The Morgan fingerprint density at radius 2 is 1.83 bits per heavy atom. The van der Waals surface area contributed by atoms with Crippen molar-refractivity contribution < 1.29 is 28.2 Å². The zero-order valence-electron chi connectivity index (χ0n) is 16.3. The molecule has 1 unspecified atom stereocenters. The highest BCUT2D eigenvalue weighted by Crippen LogP contribution is 2.42. The monoisotopic (exact) mass is 401 g/mol. The predicted octanol–water partition coefficient (Wildman–Crippen LogP) is 4.49. The summed E-state index contributed by atoms with van der Waals surface area (Å²) in [5.74, 6) is -3.08. The number of rotatable bonds is 6. The van der Waals surface area contributed by atoms with Gasteiger partial charge in [-0.15, -0.1) is 0 Å². The largest absolute Gasteiger partial charge is 0.503 e. The van der Waals surface area contributed by atoms with Crippen molar-refractivity contribution in [1.29, 1.82) is 0 Å². The summed E-state index contributed by atoms with van der Waals surface area (Å²) in [5.41, 5.74) is 0.486. The van der Waals surface area contributed by atoms with E-state index in [9.17, 15) is 23.5 Å². The first kappa shape index (κ1) is 20.5. The number of aliphatic hydroxyl groups is 1. The van der Waals surface area contributed by atoms with Crippen molar-refractivity contribution in [2.45, 2.75) is 26.3 Å². The van der Waals surface area contributed by atoms with Crippen LogP contribution in [0.2, 0.25) is 0 Å². The molecule has 2 aromatic carbocycles. The zero-order chi connectivity index (χ0) is 21.3. The number of ketones is 1. The van der Waals surface area contributed by atoms with Crippen molar-refractivity contribution in [2.24, 2.45) is 5.92 Å². The molecule has 29 heavy (non-hydrogen) atoms. The van der Waals surface area contributed by atoms with E-state index in [1.54, 1.807) is 0 Å². The molecule has 0 aromatic heterocycles. The second kappa shape index (κ2) is 8.03. The summed E-state index contributed by atoms with van der Waals surface area (Å²) < 4.78 is 32.6. The zero-order valence-corrected chi connectivity index (χ0v) is 16.3. The van der Waals surface area contributed by atoms with Gasteiger partial charge in [0.1, 0.15) is 5.82 Å². The topological polar surface area (TPSA) is 66.8 Å². The van der Waals surface area contributed by atoms with Gasteiger partial charge in [-0.3, -0.25) is 14.5 Å². The van der Waals surface area contributed by atoms with E-state index in [0.29, 0.717) is 5.56 Å². The molecule has 0 spiro atoms. The second-order valence-electron chi connectivity index (χ2n) is 7.23. The van der Waals surface area contributed by atoms with Crippen LogP contribution in [0.3, 0.4) is 0 Å². The first-order valence-electron chi connectivity index (χ1n) is 9.13. The summed E-state index contributed by atoms with van der Waals surface area (Å²) in [6.45, 7) is 3.69. The average molecular weight is 401 g/mol. The third kappa shape index (κ3) is 3.85. The molecule has 7 heteroatoms. The molecule has 0 aliphatic carbocycles. The SMILES string of the molecule is COc1ccc(N2C(=O)C(O)=C(C(=O)CC(C)C)C2c2ccc(F)cc2)cc1F. The van der Waals surface area contributed by atoms with Crippen LogP contribution < -0.4 is 9.64 Å². The van der Waals surface area contributed by atoms with Gasteiger partial charge in [-0.05, 0) is 35.7 Å². The molecule has 1 aliphatic heterocycles. The van der Waals surface area contributed by atoms with E-state index in [2.05, 4.69) is 0 Å². The van der Waals surface area contributed by atoms with Crippen LogP contribution in [0, 0.1) is 17.6 Å². The normalized spacial score (nSPS) is 16.7. The standard InChI is InChI=1S/C22H21F2NO4/c1-12(2)10-17(26)19-20(13-4-6-14(23)7-5-13)25(22(28)21(19)27)15-8-9-18(29-3)16(24)11-15/h4-9,11-12,20,27H,10H2,1-3H3. The maximum atomic E-state index is 14.3. The summed E-state index contributed by atoms with van der Waals surface area (Å²) in [6, 6.07) is 8.17. The van der Waals surface area contributed by atoms with Crippen molar-refractivity contribution >= 4 is 17.4 Å². The Balaban J connectivity index is 2.14. The van der Waals surface area contributed by atoms with E-state index in [4.69, 9.17) is 4.74 Å². The van der Waals surface area contributed by atoms with Crippen LogP contribution in [0.1, 0.15) is 31.9 Å². The molecule has 0 saturated heterocycles. The fourth-order valence-corrected chi connectivity index (χ4v) is 3.40. The van der Waals surface area contributed by atoms with Gasteiger partial charge in [-0.2, -0.15) is 0 Å². The highest BCUT2D eigenvalue weighted by Gasteiger charge is 2.44. The highest BCUT2D eigenvalue weighted by molar-refractivity contribution is 6.16. The third-order valence-corrected chi connectivity index (χ3v) is 4.70. The Hall–Kier alpha value is -3.22. The van der Waals surface area contributed by atoms with E-state index >= 15 is 0 Å². The van der Waals surface area contributed by atoms with Crippen molar-refractivity contribution in [3.05, 3.63) is 71.0 Å². The van der Waals surface area contributed by atoms with E-state index < -0.39 is 35.1 Å². The number of hydrogen-bond donors (Lipinski definition) is 1. The van der Waals surface area contributed by atoms with Crippen LogP contribution in [-0.4, -0.2) is 23.9 Å². The minimum absolute atomic E-state index is 0.000694. The molecule has 0 saturated carbocycles. The number of methoxy groups -OCH3 is 1. The average Bonchev–Trinajstić information content (AvgIpc) is 2.93. The number of halogens is 2. The number of benzene rings is 2. The number of hydrogen-bond acceptors (Lipinski definition) is 4. The first-order valence-corrected chi connectivity index (χ1v) is 9.13. The highest BCUT2D eigenvalue weighted by atomic mass is 19.1. The van der Waals surface area contributed by atoms with Crippen LogP contribution in [0.15, 0.2) is 53.8 Å². The van der Waals surface area contributed by atoms with Crippen LogP contribution in [0.25, 0.3) is 0 Å². The molecule has 1 N–H and O–H groups in total. The molecule has 0 bridgehead atoms. The van der Waals surface area contributed by atoms with Gasteiger partial charge in [0, 0.05) is 18.2 Å². The molecule has 3 rings (SSSR count). The Bertz CT molecular complexity index is 983. The van der Waals surface area contributed by atoms with Crippen LogP contribution >= 0.6 is 0 Å². The number of Topliss-reactive ketones (excluding diaryl/α,β-unsaturated/α-hetero) is 1. The van der Waals surface area contributed by atoms with Crippen LogP contribution in [0.4, 0.5) is 14.5 Å². The van der Waals surface area contributed by atoms with Crippen LogP contribution in [0.5, 0.6) is 5.75 Å². The van der Waals surface area contributed by atoms with E-state index in [1.807, 2.05) is 13.8 Å². The quantitative estimate of drug-likeness (QED) is 0.775. The summed E-state index contributed by atoms with van der Waals surface area (Å²) >= 11 is 0. The number of anilines is 1. The van der Waals surface area contributed by atoms with Crippen LogP contribution in [-0.2, 0) is 9.59 Å². The number of amides is 1. The van der Waals surface area contributed by atoms with Gasteiger partial charge in [0.05, 0.1) is 18.7 Å². The number of ether oxygens (including phenoxy) is 1. The Kier molecular flexibility index (Phi) is 5.68. The smallest absolute Gasteiger partial charge is 0.294 e. The molecule has 0 fully saturated rings. The lowest BCUT2D eigenvalue weighted by molar-refractivity contribution is -0.118. The molecule has 152 valence electrons. The molecule has 1 amide bonds. The summed E-state index contributed by atoms with van der Waals surface area (Å²) in [5, 5.41) is 10.5. The second-order valence-corrected chi connectivity index (χ2v) is 7.23. The molecule has 2 aromatic rings. The van der Waals surface area contributed by atoms with Gasteiger partial charge in [-0.1, -0.05) is 26.0 Å². The molecule has 1 aliphatic rings. The Labute approximate surface area is 167 Å². The third-order valence-electron chi connectivity index (χ3n) is 4.70. The lowest BCUT2D eigenvalue weighted by Gasteiger charge is -2.27. The number of carbonyl (C=O) groups is 2. The fourth-order valence-electron chi connectivity index (χ4n) is 3.40. The van der Waals surface area contributed by atoms with Crippen molar-refractivity contribution in [3.63, 3.8) is 0 Å². The molecular weight excluding hydrogens is 380 g/mol. The molecule has 1 heterocycles. The maximum absolute atomic E-state index is 14.3. The number of carbonyl (C=O) groups excluding carboxylic acids is 2. The van der Waals surface area contributed by atoms with E-state index in [-0.39, 0.29) is 29.3 Å². The van der Waals surface area contributed by atoms with Gasteiger partial charge in [0.15, 0.2) is 23.1 Å². The number of aliphatic hydroxyl groups excluding tert-OH is 1. The maximum Gasteiger partial charge on any atom is 0.294 e. The molecule has 0 radical (unpaired) electrons. The summed E-state index contributed by atoms with van der Waals surface area (Å²) in [4.78, 5) is 26.8. The van der Waals surface area contributed by atoms with Gasteiger partial charge in [0.2, 0.25) is 0 Å². The van der Waals surface area contributed by atoms with Gasteiger partial charge in [-0.25, -0.2) is 8.78 Å². The minimum atomic E-state index is -0.998. The number of nitrogens with zero attached hydrogens (tertiary/aromatic N) is 1. The molecule has 1 atom stereocenters. The lowest BCUT2D eigenvalue weighted by atomic mass is 9.92. The van der Waals surface area contributed by atoms with Crippen molar-refractivity contribution in [2.75, 3.05) is 12.0 Å². The van der Waals surface area contributed by atoms with E-state index in [0.717, 1.165) is 11.0 Å². The van der Waals surface area contributed by atoms with E-state index in [1.165, 1.54) is 43.5 Å².